The van der Waals surface area contributed by atoms with E-state index in [0.29, 0.717) is 35.9 Å². The molecule has 130 valence electrons. The molecule has 2 atom stereocenters. The third-order valence-corrected chi connectivity index (χ3v) is 5.94. The third-order valence-electron chi connectivity index (χ3n) is 5.94. The molecule has 0 N–H and O–H groups in total. The van der Waals surface area contributed by atoms with E-state index in [-0.39, 0.29) is 5.91 Å². The Balaban J connectivity index is 1.34. The molecular formula is C19H22N4O2. The topological polar surface area (TPSA) is 57.9 Å². The third kappa shape index (κ3) is 2.51. The van der Waals surface area contributed by atoms with Crippen molar-refractivity contribution in [2.45, 2.75) is 44.2 Å². The molecule has 0 bridgehead atoms. The number of carbonyl (C=O) groups is 2. The van der Waals surface area contributed by atoms with Gasteiger partial charge in [-0.2, -0.15) is 0 Å². The van der Waals surface area contributed by atoms with Crippen molar-refractivity contribution in [3.8, 4) is 0 Å². The first-order valence-corrected chi connectivity index (χ1v) is 9.24. The van der Waals surface area contributed by atoms with Gasteiger partial charge >= 0.3 is 0 Å². The second-order valence-electron chi connectivity index (χ2n) is 7.55. The van der Waals surface area contributed by atoms with E-state index in [4.69, 9.17) is 0 Å². The van der Waals surface area contributed by atoms with Gasteiger partial charge in [-0.05, 0) is 43.7 Å². The lowest BCUT2D eigenvalue weighted by molar-refractivity contribution is -0.141. The van der Waals surface area contributed by atoms with Crippen LogP contribution in [0.25, 0.3) is 5.65 Å². The first kappa shape index (κ1) is 14.9. The summed E-state index contributed by atoms with van der Waals surface area (Å²) in [5.41, 5.74) is 1.49. The highest BCUT2D eigenvalue weighted by Crippen LogP contribution is 2.39. The average molecular weight is 338 g/mol. The van der Waals surface area contributed by atoms with Gasteiger partial charge in [0.15, 0.2) is 0 Å². The molecule has 25 heavy (non-hydrogen) atoms. The Morgan fingerprint density at radius 1 is 1.16 bits per heavy atom. The van der Waals surface area contributed by atoms with Gasteiger partial charge in [-0.25, -0.2) is 4.98 Å². The molecule has 2 aliphatic heterocycles. The summed E-state index contributed by atoms with van der Waals surface area (Å²) in [4.78, 5) is 33.6. The number of imidazole rings is 1. The van der Waals surface area contributed by atoms with Crippen molar-refractivity contribution in [2.24, 2.45) is 5.92 Å². The second-order valence-corrected chi connectivity index (χ2v) is 7.55. The highest BCUT2D eigenvalue weighted by Gasteiger charge is 2.45. The molecule has 0 radical (unpaired) electrons. The zero-order chi connectivity index (χ0) is 17.0. The highest BCUT2D eigenvalue weighted by molar-refractivity contribution is 5.95. The van der Waals surface area contributed by atoms with Crippen molar-refractivity contribution >= 4 is 17.5 Å². The van der Waals surface area contributed by atoms with E-state index in [2.05, 4.69) is 9.88 Å². The minimum Gasteiger partial charge on any atom is -0.338 e. The molecule has 2 aromatic heterocycles. The monoisotopic (exact) mass is 338 g/mol. The van der Waals surface area contributed by atoms with Gasteiger partial charge in [-0.3, -0.25) is 9.59 Å². The maximum absolute atomic E-state index is 12.9. The van der Waals surface area contributed by atoms with E-state index < -0.39 is 0 Å². The van der Waals surface area contributed by atoms with Gasteiger partial charge in [0.05, 0.1) is 0 Å². The number of pyridine rings is 1. The number of carbonyl (C=O) groups excluding carboxylic acids is 2. The van der Waals surface area contributed by atoms with E-state index in [1.165, 1.54) is 0 Å². The van der Waals surface area contributed by atoms with Crippen LogP contribution < -0.4 is 0 Å². The van der Waals surface area contributed by atoms with Crippen LogP contribution in [-0.2, 0) is 4.79 Å². The summed E-state index contributed by atoms with van der Waals surface area (Å²) in [5.74, 6) is 0.832. The second kappa shape index (κ2) is 5.58. The Morgan fingerprint density at radius 3 is 2.88 bits per heavy atom. The lowest BCUT2D eigenvalue weighted by atomic mass is 9.83. The number of piperidine rings is 2. The van der Waals surface area contributed by atoms with Gasteiger partial charge in [0.2, 0.25) is 5.91 Å². The summed E-state index contributed by atoms with van der Waals surface area (Å²) in [6.45, 7) is 1.50. The fourth-order valence-corrected chi connectivity index (χ4v) is 4.53. The molecule has 6 heteroatoms. The van der Waals surface area contributed by atoms with Crippen LogP contribution in [-0.4, -0.2) is 56.2 Å². The fourth-order valence-electron chi connectivity index (χ4n) is 4.53. The molecule has 1 saturated carbocycles. The molecule has 1 aliphatic carbocycles. The van der Waals surface area contributed by atoms with Crippen LogP contribution in [0.1, 0.15) is 42.5 Å². The Morgan fingerprint density at radius 2 is 2.04 bits per heavy atom. The average Bonchev–Trinajstić information content (AvgIpc) is 3.36. The molecule has 0 spiro atoms. The van der Waals surface area contributed by atoms with Gasteiger partial charge in [0.1, 0.15) is 5.65 Å². The first-order valence-electron chi connectivity index (χ1n) is 9.24. The van der Waals surface area contributed by atoms with Gasteiger partial charge in [0, 0.05) is 55.7 Å². The number of likely N-dealkylation sites (tertiary alicyclic amines) is 2. The summed E-state index contributed by atoms with van der Waals surface area (Å²) in [6.07, 6.45) is 10.3. The van der Waals surface area contributed by atoms with E-state index in [1.54, 1.807) is 6.20 Å². The number of hydrogen-bond acceptors (Lipinski definition) is 3. The van der Waals surface area contributed by atoms with Crippen molar-refractivity contribution < 1.29 is 9.59 Å². The Kier molecular flexibility index (Phi) is 3.33. The fraction of sp³-hybridized carbons (Fsp3) is 0.526. The number of fused-ring (bicyclic) bond motifs is 2. The van der Waals surface area contributed by atoms with Crippen LogP contribution in [0.5, 0.6) is 0 Å². The van der Waals surface area contributed by atoms with Crippen molar-refractivity contribution in [3.05, 3.63) is 36.3 Å². The standard InChI is InChI=1S/C19H22N4O2/c24-18-4-1-14-12-22(9-6-16(14)23(18)15-2-3-15)19(25)13-5-8-21-10-7-20-17(21)11-13/h5,7-8,10-11,14-16H,1-4,6,9,12H2/t14-,16-/m1/s1. The molecule has 5 rings (SSSR count). The van der Waals surface area contributed by atoms with E-state index in [9.17, 15) is 9.59 Å². The lowest BCUT2D eigenvalue weighted by Crippen LogP contribution is -2.57. The minimum atomic E-state index is 0.0822. The Hall–Kier alpha value is -2.37. The smallest absolute Gasteiger partial charge is 0.254 e. The summed E-state index contributed by atoms with van der Waals surface area (Å²) < 4.78 is 1.91. The SMILES string of the molecule is O=C(c1ccn2ccnc2c1)N1CC[C@@H]2[C@H](CCC(=O)N2C2CC2)C1. The van der Waals surface area contributed by atoms with Crippen molar-refractivity contribution in [1.29, 1.82) is 0 Å². The zero-order valence-electron chi connectivity index (χ0n) is 14.2. The minimum absolute atomic E-state index is 0.0822. The molecule has 2 amide bonds. The predicted octanol–water partition coefficient (Wildman–Crippen LogP) is 1.95. The highest BCUT2D eigenvalue weighted by atomic mass is 16.2. The van der Waals surface area contributed by atoms with Crippen LogP contribution in [0, 0.1) is 5.92 Å². The van der Waals surface area contributed by atoms with Crippen LogP contribution in [0.3, 0.4) is 0 Å². The molecule has 3 fully saturated rings. The predicted molar refractivity (Wildman–Crippen MR) is 92.1 cm³/mol. The summed E-state index contributed by atoms with van der Waals surface area (Å²) in [5, 5.41) is 0. The zero-order valence-corrected chi connectivity index (χ0v) is 14.2. The van der Waals surface area contributed by atoms with E-state index in [0.717, 1.165) is 44.4 Å². The van der Waals surface area contributed by atoms with Crippen LogP contribution in [0.2, 0.25) is 0 Å². The van der Waals surface area contributed by atoms with Gasteiger partial charge < -0.3 is 14.2 Å². The largest absolute Gasteiger partial charge is 0.338 e. The van der Waals surface area contributed by atoms with Gasteiger partial charge in [-0.15, -0.1) is 0 Å². The molecule has 4 heterocycles. The van der Waals surface area contributed by atoms with Gasteiger partial charge in [0.25, 0.3) is 5.91 Å². The van der Waals surface area contributed by atoms with Crippen molar-refractivity contribution in [2.75, 3.05) is 13.1 Å². The van der Waals surface area contributed by atoms with Gasteiger partial charge in [-0.1, -0.05) is 0 Å². The molecule has 0 aromatic carbocycles. The number of amides is 2. The first-order chi connectivity index (χ1) is 12.2. The number of hydrogen-bond donors (Lipinski definition) is 0. The van der Waals surface area contributed by atoms with Crippen LogP contribution in [0.4, 0.5) is 0 Å². The van der Waals surface area contributed by atoms with Crippen molar-refractivity contribution in [3.63, 3.8) is 0 Å². The Labute approximate surface area is 146 Å². The van der Waals surface area contributed by atoms with Crippen LogP contribution in [0.15, 0.2) is 30.7 Å². The maximum Gasteiger partial charge on any atom is 0.254 e. The summed E-state index contributed by atoms with van der Waals surface area (Å²) >= 11 is 0. The molecule has 2 aromatic rings. The number of rotatable bonds is 2. The quantitative estimate of drug-likeness (QED) is 0.841. The summed E-state index contributed by atoms with van der Waals surface area (Å²) in [7, 11) is 0. The molecule has 6 nitrogen and oxygen atoms in total. The molecule has 3 aliphatic rings. The number of nitrogens with zero attached hydrogens (tertiary/aromatic N) is 4. The molecule has 2 saturated heterocycles. The Bertz CT molecular complexity index is 841. The molecule has 0 unspecified atom stereocenters. The van der Waals surface area contributed by atoms with E-state index in [1.807, 2.05) is 33.8 Å². The normalized spacial score (nSPS) is 26.8. The van der Waals surface area contributed by atoms with Crippen LogP contribution >= 0.6 is 0 Å². The number of aromatic nitrogens is 2. The lowest BCUT2D eigenvalue weighted by Gasteiger charge is -2.47. The maximum atomic E-state index is 12.9. The molecular weight excluding hydrogens is 316 g/mol. The van der Waals surface area contributed by atoms with E-state index >= 15 is 0 Å². The summed E-state index contributed by atoms with van der Waals surface area (Å²) in [6, 6.07) is 4.54. The van der Waals surface area contributed by atoms with Crippen molar-refractivity contribution in [1.82, 2.24) is 19.2 Å².